The second-order valence-electron chi connectivity index (χ2n) is 3.71. The van der Waals surface area contributed by atoms with Crippen LogP contribution in [0.4, 0.5) is 5.69 Å². The van der Waals surface area contributed by atoms with Crippen molar-refractivity contribution in [3.63, 3.8) is 0 Å². The molecule has 2 amide bonds. The van der Waals surface area contributed by atoms with Gasteiger partial charge in [0.05, 0.1) is 17.7 Å². The summed E-state index contributed by atoms with van der Waals surface area (Å²) < 4.78 is 0. The van der Waals surface area contributed by atoms with Crippen molar-refractivity contribution in [3.8, 4) is 11.8 Å². The number of carbonyl (C=O) groups is 2. The Kier molecular flexibility index (Phi) is 2.84. The first-order valence-corrected chi connectivity index (χ1v) is 5.25. The van der Waals surface area contributed by atoms with Crippen molar-refractivity contribution in [2.45, 2.75) is 6.92 Å². The van der Waals surface area contributed by atoms with E-state index in [-0.39, 0.29) is 11.8 Å². The van der Waals surface area contributed by atoms with Crippen LogP contribution in [0.25, 0.3) is 0 Å². The van der Waals surface area contributed by atoms with Crippen LogP contribution in [-0.4, -0.2) is 30.3 Å². The second-order valence-corrected chi connectivity index (χ2v) is 3.71. The highest BCUT2D eigenvalue weighted by Crippen LogP contribution is 2.24. The number of imide groups is 1. The van der Waals surface area contributed by atoms with Gasteiger partial charge in [0, 0.05) is 12.7 Å². The standard InChI is InChI=1S/C13H12N2O2/c1-3-4-7-14-9-5-6-10-11(8-9)13(17)15(2)12(10)16/h5-6,8,14H,7H2,1-2H3. The van der Waals surface area contributed by atoms with Crippen LogP contribution < -0.4 is 5.32 Å². The van der Waals surface area contributed by atoms with Gasteiger partial charge >= 0.3 is 0 Å². The van der Waals surface area contributed by atoms with E-state index in [0.717, 1.165) is 10.6 Å². The third-order valence-electron chi connectivity index (χ3n) is 2.65. The molecule has 17 heavy (non-hydrogen) atoms. The largest absolute Gasteiger partial charge is 0.374 e. The Labute approximate surface area is 99.6 Å². The summed E-state index contributed by atoms with van der Waals surface area (Å²) in [6, 6.07) is 5.14. The van der Waals surface area contributed by atoms with Crippen molar-refractivity contribution in [2.24, 2.45) is 0 Å². The van der Waals surface area contributed by atoms with Gasteiger partial charge in [-0.25, -0.2) is 0 Å². The molecule has 1 heterocycles. The van der Waals surface area contributed by atoms with Gasteiger partial charge in [-0.2, -0.15) is 0 Å². The smallest absolute Gasteiger partial charge is 0.261 e. The van der Waals surface area contributed by atoms with Gasteiger partial charge in [-0.3, -0.25) is 14.5 Å². The Hall–Kier alpha value is -2.28. The number of hydrogen-bond acceptors (Lipinski definition) is 3. The van der Waals surface area contributed by atoms with Gasteiger partial charge in [0.1, 0.15) is 0 Å². The minimum Gasteiger partial charge on any atom is -0.374 e. The lowest BCUT2D eigenvalue weighted by molar-refractivity contribution is 0.0693. The van der Waals surface area contributed by atoms with E-state index < -0.39 is 0 Å². The molecule has 1 N–H and O–H groups in total. The molecular weight excluding hydrogens is 216 g/mol. The quantitative estimate of drug-likeness (QED) is 0.614. The summed E-state index contributed by atoms with van der Waals surface area (Å²) >= 11 is 0. The molecule has 86 valence electrons. The summed E-state index contributed by atoms with van der Waals surface area (Å²) in [4.78, 5) is 24.5. The fourth-order valence-corrected chi connectivity index (χ4v) is 1.71. The summed E-state index contributed by atoms with van der Waals surface area (Å²) in [7, 11) is 1.49. The number of nitrogens with zero attached hydrogens (tertiary/aromatic N) is 1. The molecule has 1 aliphatic heterocycles. The molecule has 0 saturated carbocycles. The first kappa shape index (κ1) is 11.2. The summed E-state index contributed by atoms with van der Waals surface area (Å²) in [6.07, 6.45) is 0. The van der Waals surface area contributed by atoms with E-state index in [1.165, 1.54) is 7.05 Å². The molecule has 0 aliphatic carbocycles. The van der Waals surface area contributed by atoms with E-state index in [1.54, 1.807) is 25.1 Å². The van der Waals surface area contributed by atoms with Crippen LogP contribution in [0.15, 0.2) is 18.2 Å². The Morgan fingerprint density at radius 3 is 2.65 bits per heavy atom. The van der Waals surface area contributed by atoms with Gasteiger partial charge in [0.2, 0.25) is 0 Å². The third kappa shape index (κ3) is 1.87. The maximum atomic E-state index is 11.7. The number of anilines is 1. The van der Waals surface area contributed by atoms with E-state index in [9.17, 15) is 9.59 Å². The summed E-state index contributed by atoms with van der Waals surface area (Å²) in [5, 5.41) is 3.07. The first-order chi connectivity index (χ1) is 8.15. The molecule has 0 radical (unpaired) electrons. The molecule has 0 atom stereocenters. The van der Waals surface area contributed by atoms with Crippen LogP contribution in [0.2, 0.25) is 0 Å². The van der Waals surface area contributed by atoms with Crippen molar-refractivity contribution in [1.82, 2.24) is 4.90 Å². The molecule has 1 aromatic carbocycles. The lowest BCUT2D eigenvalue weighted by Gasteiger charge is -2.03. The highest BCUT2D eigenvalue weighted by Gasteiger charge is 2.32. The van der Waals surface area contributed by atoms with Crippen molar-refractivity contribution < 1.29 is 9.59 Å². The number of fused-ring (bicyclic) bond motifs is 1. The lowest BCUT2D eigenvalue weighted by atomic mass is 10.1. The van der Waals surface area contributed by atoms with Gasteiger partial charge in [0.25, 0.3) is 11.8 Å². The second kappa shape index (κ2) is 4.30. The number of benzene rings is 1. The summed E-state index contributed by atoms with van der Waals surface area (Å²) in [5.41, 5.74) is 1.71. The molecule has 1 aliphatic rings. The van der Waals surface area contributed by atoms with E-state index in [1.807, 2.05) is 0 Å². The van der Waals surface area contributed by atoms with Crippen LogP contribution in [0, 0.1) is 11.8 Å². The van der Waals surface area contributed by atoms with Crippen LogP contribution >= 0.6 is 0 Å². The molecule has 1 aromatic rings. The zero-order chi connectivity index (χ0) is 12.4. The number of rotatable bonds is 2. The monoisotopic (exact) mass is 228 g/mol. The molecule has 0 saturated heterocycles. The van der Waals surface area contributed by atoms with Crippen LogP contribution in [0.5, 0.6) is 0 Å². The number of hydrogen-bond donors (Lipinski definition) is 1. The maximum Gasteiger partial charge on any atom is 0.261 e. The van der Waals surface area contributed by atoms with Gasteiger partial charge < -0.3 is 5.32 Å². The molecule has 4 nitrogen and oxygen atoms in total. The molecule has 2 rings (SSSR count). The predicted molar refractivity (Wildman–Crippen MR) is 64.8 cm³/mol. The van der Waals surface area contributed by atoms with Crippen LogP contribution in [0.1, 0.15) is 27.6 Å². The molecule has 0 unspecified atom stereocenters. The third-order valence-corrected chi connectivity index (χ3v) is 2.65. The summed E-state index contributed by atoms with van der Waals surface area (Å²) in [5.74, 6) is 5.14. The van der Waals surface area contributed by atoms with E-state index >= 15 is 0 Å². The molecule has 0 spiro atoms. The van der Waals surface area contributed by atoms with Crippen molar-refractivity contribution in [2.75, 3.05) is 18.9 Å². The maximum absolute atomic E-state index is 11.7. The highest BCUT2D eigenvalue weighted by atomic mass is 16.2. The Balaban J connectivity index is 2.29. The lowest BCUT2D eigenvalue weighted by Crippen LogP contribution is -2.24. The van der Waals surface area contributed by atoms with Gasteiger partial charge in [-0.1, -0.05) is 5.92 Å². The van der Waals surface area contributed by atoms with Gasteiger partial charge in [0.15, 0.2) is 0 Å². The minimum absolute atomic E-state index is 0.245. The molecule has 0 bridgehead atoms. The summed E-state index contributed by atoms with van der Waals surface area (Å²) in [6.45, 7) is 2.29. The van der Waals surface area contributed by atoms with Gasteiger partial charge in [-0.15, -0.1) is 5.92 Å². The minimum atomic E-state index is -0.254. The average Bonchev–Trinajstić information content (AvgIpc) is 2.55. The molecule has 0 aromatic heterocycles. The van der Waals surface area contributed by atoms with Crippen LogP contribution in [-0.2, 0) is 0 Å². The van der Waals surface area contributed by atoms with Crippen molar-refractivity contribution in [1.29, 1.82) is 0 Å². The molecular formula is C13H12N2O2. The molecule has 4 heteroatoms. The SMILES string of the molecule is CC#CCNc1ccc2c(c1)C(=O)N(C)C2=O. The fourth-order valence-electron chi connectivity index (χ4n) is 1.71. The van der Waals surface area contributed by atoms with E-state index in [0.29, 0.717) is 17.7 Å². The van der Waals surface area contributed by atoms with Gasteiger partial charge in [-0.05, 0) is 25.1 Å². The van der Waals surface area contributed by atoms with Crippen molar-refractivity contribution in [3.05, 3.63) is 29.3 Å². The van der Waals surface area contributed by atoms with Crippen molar-refractivity contribution >= 4 is 17.5 Å². The highest BCUT2D eigenvalue weighted by molar-refractivity contribution is 6.21. The number of nitrogens with one attached hydrogen (secondary N) is 1. The Bertz CT molecular complexity index is 552. The average molecular weight is 228 g/mol. The number of carbonyl (C=O) groups excluding carboxylic acids is 2. The molecule has 0 fully saturated rings. The van der Waals surface area contributed by atoms with Crippen LogP contribution in [0.3, 0.4) is 0 Å². The Morgan fingerprint density at radius 1 is 1.24 bits per heavy atom. The fraction of sp³-hybridized carbons (Fsp3) is 0.231. The Morgan fingerprint density at radius 2 is 1.94 bits per heavy atom. The zero-order valence-electron chi connectivity index (χ0n) is 9.70. The predicted octanol–water partition coefficient (Wildman–Crippen LogP) is 1.35. The van der Waals surface area contributed by atoms with E-state index in [2.05, 4.69) is 17.2 Å². The number of amides is 2. The first-order valence-electron chi connectivity index (χ1n) is 5.25. The normalized spacial score (nSPS) is 13.2. The van der Waals surface area contributed by atoms with E-state index in [4.69, 9.17) is 0 Å². The zero-order valence-corrected chi connectivity index (χ0v) is 9.70. The topological polar surface area (TPSA) is 49.4 Å².